The summed E-state index contributed by atoms with van der Waals surface area (Å²) in [6.45, 7) is 6.24. The summed E-state index contributed by atoms with van der Waals surface area (Å²) in [5.74, 6) is 0.882. The fourth-order valence-electron chi connectivity index (χ4n) is 1.74. The number of phenolic OH excluding ortho intramolecular Hbond substituents is 1. The molecule has 0 aliphatic carbocycles. The molecule has 1 aromatic rings. The van der Waals surface area contributed by atoms with Crippen LogP contribution in [0.3, 0.4) is 0 Å². The van der Waals surface area contributed by atoms with E-state index in [1.165, 1.54) is 5.56 Å². The maximum Gasteiger partial charge on any atom is 0.115 e. The van der Waals surface area contributed by atoms with Crippen LogP contribution in [0.5, 0.6) is 5.75 Å². The van der Waals surface area contributed by atoms with Gasteiger partial charge in [-0.25, -0.2) is 0 Å². The van der Waals surface area contributed by atoms with Crippen LogP contribution in [0.2, 0.25) is 0 Å². The number of nitrogens with zero attached hydrogens (tertiary/aromatic N) is 1. The lowest BCUT2D eigenvalue weighted by molar-refractivity contribution is 0.439. The van der Waals surface area contributed by atoms with E-state index < -0.39 is 0 Å². The molecule has 0 spiro atoms. The predicted octanol–water partition coefficient (Wildman–Crippen LogP) is 3.04. The Balaban J connectivity index is 2.51. The summed E-state index contributed by atoms with van der Waals surface area (Å²) in [5.41, 5.74) is 2.33. The molecule has 1 atom stereocenters. The summed E-state index contributed by atoms with van der Waals surface area (Å²) in [7, 11) is 4.03. The molecule has 0 saturated carbocycles. The highest BCUT2D eigenvalue weighted by atomic mass is 16.3. The average Bonchev–Trinajstić information content (AvgIpc) is 2.16. The second kappa shape index (κ2) is 5.59. The normalized spacial score (nSPS) is 12.2. The van der Waals surface area contributed by atoms with Crippen LogP contribution in [0.25, 0.3) is 0 Å². The van der Waals surface area contributed by atoms with Crippen molar-refractivity contribution in [3.8, 4) is 5.75 Å². The molecule has 0 aromatic heterocycles. The van der Waals surface area contributed by atoms with E-state index in [0.29, 0.717) is 11.7 Å². The van der Waals surface area contributed by atoms with Crippen LogP contribution in [0.1, 0.15) is 18.9 Å². The van der Waals surface area contributed by atoms with Gasteiger partial charge in [-0.15, -0.1) is 0 Å². The van der Waals surface area contributed by atoms with Crippen molar-refractivity contribution < 1.29 is 5.11 Å². The molecule has 16 heavy (non-hydrogen) atoms. The van der Waals surface area contributed by atoms with Crippen molar-refractivity contribution in [3.05, 3.63) is 42.1 Å². The standard InChI is InChI=1S/C14H21NO/c1-11(8-12(2)15(3)4)9-13-6-5-7-14(16)10-13/h5-7,10-11,16H,2,8-9H2,1,3-4H3/t11-/m1/s1. The molecular weight excluding hydrogens is 198 g/mol. The molecule has 88 valence electrons. The number of rotatable bonds is 5. The molecule has 2 heteroatoms. The van der Waals surface area contributed by atoms with E-state index in [1.807, 2.05) is 26.2 Å². The molecule has 0 heterocycles. The van der Waals surface area contributed by atoms with E-state index in [2.05, 4.69) is 24.5 Å². The fraction of sp³-hybridized carbons (Fsp3) is 0.429. The Kier molecular flexibility index (Phi) is 4.41. The minimum atomic E-state index is 0.344. The first kappa shape index (κ1) is 12.6. The number of allylic oxidation sites excluding steroid dienone is 1. The second-order valence-corrected chi connectivity index (χ2v) is 4.64. The van der Waals surface area contributed by atoms with E-state index in [0.717, 1.165) is 18.5 Å². The van der Waals surface area contributed by atoms with Gasteiger partial charge in [-0.2, -0.15) is 0 Å². The quantitative estimate of drug-likeness (QED) is 0.822. The molecule has 2 nitrogen and oxygen atoms in total. The molecule has 0 aliphatic heterocycles. The number of hydrogen-bond donors (Lipinski definition) is 1. The first-order valence-corrected chi connectivity index (χ1v) is 5.62. The summed E-state index contributed by atoms with van der Waals surface area (Å²) in [4.78, 5) is 2.05. The summed E-state index contributed by atoms with van der Waals surface area (Å²) in [5, 5.41) is 9.37. The zero-order chi connectivity index (χ0) is 12.1. The van der Waals surface area contributed by atoms with Crippen LogP contribution < -0.4 is 0 Å². The number of phenols is 1. The zero-order valence-corrected chi connectivity index (χ0v) is 10.4. The lowest BCUT2D eigenvalue weighted by Gasteiger charge is -2.19. The average molecular weight is 219 g/mol. The van der Waals surface area contributed by atoms with Crippen molar-refractivity contribution in [3.63, 3.8) is 0 Å². The number of aromatic hydroxyl groups is 1. The maximum atomic E-state index is 9.37. The van der Waals surface area contributed by atoms with E-state index in [1.54, 1.807) is 6.07 Å². The van der Waals surface area contributed by atoms with Gasteiger partial charge >= 0.3 is 0 Å². The van der Waals surface area contributed by atoms with Gasteiger partial charge in [-0.05, 0) is 36.5 Å². The van der Waals surface area contributed by atoms with Gasteiger partial charge < -0.3 is 10.0 Å². The Labute approximate surface area is 98.2 Å². The fourth-order valence-corrected chi connectivity index (χ4v) is 1.74. The Bertz CT molecular complexity index is 358. The molecule has 0 unspecified atom stereocenters. The van der Waals surface area contributed by atoms with Crippen LogP contribution in [0.15, 0.2) is 36.5 Å². The van der Waals surface area contributed by atoms with Crippen molar-refractivity contribution in [1.82, 2.24) is 4.90 Å². The minimum Gasteiger partial charge on any atom is -0.508 e. The lowest BCUT2D eigenvalue weighted by Crippen LogP contribution is -2.13. The van der Waals surface area contributed by atoms with Gasteiger partial charge in [0.2, 0.25) is 0 Å². The predicted molar refractivity (Wildman–Crippen MR) is 68.4 cm³/mol. The Morgan fingerprint density at radius 3 is 2.69 bits per heavy atom. The van der Waals surface area contributed by atoms with Crippen LogP contribution in [0, 0.1) is 5.92 Å². The Morgan fingerprint density at radius 1 is 1.44 bits per heavy atom. The van der Waals surface area contributed by atoms with Gasteiger partial charge in [0.25, 0.3) is 0 Å². The van der Waals surface area contributed by atoms with Crippen molar-refractivity contribution in [2.45, 2.75) is 19.8 Å². The molecule has 0 fully saturated rings. The monoisotopic (exact) mass is 219 g/mol. The minimum absolute atomic E-state index is 0.344. The highest BCUT2D eigenvalue weighted by Gasteiger charge is 2.07. The van der Waals surface area contributed by atoms with Crippen molar-refractivity contribution in [2.75, 3.05) is 14.1 Å². The van der Waals surface area contributed by atoms with Crippen molar-refractivity contribution >= 4 is 0 Å². The molecule has 1 rings (SSSR count). The number of hydrogen-bond acceptors (Lipinski definition) is 2. The summed E-state index contributed by atoms with van der Waals surface area (Å²) >= 11 is 0. The molecule has 0 saturated heterocycles. The van der Waals surface area contributed by atoms with Gasteiger partial charge in [-0.3, -0.25) is 0 Å². The third kappa shape index (κ3) is 3.97. The van der Waals surface area contributed by atoms with Crippen LogP contribution in [-0.2, 0) is 6.42 Å². The van der Waals surface area contributed by atoms with E-state index in [9.17, 15) is 5.11 Å². The molecular formula is C14H21NO. The van der Waals surface area contributed by atoms with Crippen molar-refractivity contribution in [2.24, 2.45) is 5.92 Å². The van der Waals surface area contributed by atoms with Crippen LogP contribution in [-0.4, -0.2) is 24.1 Å². The second-order valence-electron chi connectivity index (χ2n) is 4.64. The highest BCUT2D eigenvalue weighted by Crippen LogP contribution is 2.19. The smallest absolute Gasteiger partial charge is 0.115 e. The van der Waals surface area contributed by atoms with Gasteiger partial charge in [-0.1, -0.05) is 25.6 Å². The summed E-state index contributed by atoms with van der Waals surface area (Å²) in [6, 6.07) is 7.47. The zero-order valence-electron chi connectivity index (χ0n) is 10.4. The SMILES string of the molecule is C=C(C[C@@H](C)Cc1cccc(O)c1)N(C)C. The summed E-state index contributed by atoms with van der Waals surface area (Å²) < 4.78 is 0. The highest BCUT2D eigenvalue weighted by molar-refractivity contribution is 5.27. The van der Waals surface area contributed by atoms with Gasteiger partial charge in [0, 0.05) is 19.8 Å². The molecule has 0 bridgehead atoms. The van der Waals surface area contributed by atoms with Crippen LogP contribution in [0.4, 0.5) is 0 Å². The molecule has 0 aliphatic rings. The first-order valence-electron chi connectivity index (χ1n) is 5.62. The molecule has 0 radical (unpaired) electrons. The Hall–Kier alpha value is -1.44. The number of benzene rings is 1. The third-order valence-electron chi connectivity index (χ3n) is 2.71. The van der Waals surface area contributed by atoms with Gasteiger partial charge in [0.1, 0.15) is 5.75 Å². The Morgan fingerprint density at radius 2 is 2.12 bits per heavy atom. The molecule has 0 amide bonds. The lowest BCUT2D eigenvalue weighted by atomic mass is 9.96. The van der Waals surface area contributed by atoms with E-state index in [-0.39, 0.29) is 0 Å². The molecule has 1 N–H and O–H groups in total. The van der Waals surface area contributed by atoms with Gasteiger partial charge in [0.05, 0.1) is 0 Å². The first-order chi connectivity index (χ1) is 7.49. The topological polar surface area (TPSA) is 23.5 Å². The largest absolute Gasteiger partial charge is 0.508 e. The van der Waals surface area contributed by atoms with E-state index in [4.69, 9.17) is 0 Å². The van der Waals surface area contributed by atoms with Gasteiger partial charge in [0.15, 0.2) is 0 Å². The maximum absolute atomic E-state index is 9.37. The van der Waals surface area contributed by atoms with E-state index >= 15 is 0 Å². The van der Waals surface area contributed by atoms with Crippen LogP contribution >= 0.6 is 0 Å². The molecule has 1 aromatic carbocycles. The van der Waals surface area contributed by atoms with Crippen molar-refractivity contribution in [1.29, 1.82) is 0 Å². The third-order valence-corrected chi connectivity index (χ3v) is 2.71. The summed E-state index contributed by atoms with van der Waals surface area (Å²) in [6.07, 6.45) is 1.96.